The van der Waals surface area contributed by atoms with Crippen molar-refractivity contribution < 1.29 is 8.85 Å². The lowest BCUT2D eigenvalue weighted by Crippen LogP contribution is -2.52. The Kier molecular flexibility index (Phi) is 6.91. The highest BCUT2D eigenvalue weighted by Gasteiger charge is 2.70. The van der Waals surface area contributed by atoms with Crippen LogP contribution in [0.5, 0.6) is 0 Å². The van der Waals surface area contributed by atoms with Gasteiger partial charge in [0.1, 0.15) is 0 Å². The first-order valence-corrected chi connectivity index (χ1v) is 21.2. The fourth-order valence-corrected chi connectivity index (χ4v) is 24.4. The molecule has 0 aromatic rings. The summed E-state index contributed by atoms with van der Waals surface area (Å²) in [5.41, 5.74) is 8.23. The van der Waals surface area contributed by atoms with Gasteiger partial charge in [-0.1, -0.05) is 94.2 Å². The summed E-state index contributed by atoms with van der Waals surface area (Å²) in [5.74, 6) is 6.84. The third-order valence-corrected chi connectivity index (χ3v) is 26.1. The number of hydrogen-bond acceptors (Lipinski definition) is 2. The van der Waals surface area contributed by atoms with Crippen molar-refractivity contribution in [2.45, 2.75) is 154 Å². The molecule has 0 spiro atoms. The van der Waals surface area contributed by atoms with Gasteiger partial charge in [-0.2, -0.15) is 0 Å². The van der Waals surface area contributed by atoms with E-state index in [4.69, 9.17) is 8.85 Å². The smallest absolute Gasteiger partial charge is 0.200 e. The van der Waals surface area contributed by atoms with Crippen LogP contribution < -0.4 is 0 Å². The van der Waals surface area contributed by atoms with Gasteiger partial charge < -0.3 is 8.85 Å². The molecular formula is C34H60O2Si2. The highest BCUT2D eigenvalue weighted by atomic mass is 28.4. The van der Waals surface area contributed by atoms with Crippen LogP contribution in [0.4, 0.5) is 0 Å². The lowest BCUT2D eigenvalue weighted by Gasteiger charge is -2.46. The maximum atomic E-state index is 7.52. The van der Waals surface area contributed by atoms with Gasteiger partial charge in [0, 0.05) is 0 Å². The zero-order valence-corrected chi connectivity index (χ0v) is 28.9. The predicted molar refractivity (Wildman–Crippen MR) is 165 cm³/mol. The molecule has 8 atom stereocenters. The SMILES string of the molecule is CC(C)[Si](OC1[C@H]2C[C@@H]3C(=C4[C@@H]5C[C@H]6C(O[Si](C(C)C)(C(C)C)C(C)C)[C@@H]5C[C@@H]46)[C@H]2C[C@H]13)(C(C)C)C(C)C. The molecule has 8 aliphatic carbocycles. The van der Waals surface area contributed by atoms with Gasteiger partial charge in [0.2, 0.25) is 16.6 Å². The van der Waals surface area contributed by atoms with Crippen LogP contribution in [-0.4, -0.2) is 28.8 Å². The van der Waals surface area contributed by atoms with Crippen LogP contribution in [0.15, 0.2) is 11.1 Å². The van der Waals surface area contributed by atoms with Gasteiger partial charge in [-0.3, -0.25) is 0 Å². The Morgan fingerprint density at radius 1 is 0.421 bits per heavy atom. The minimum Gasteiger partial charge on any atom is -0.413 e. The summed E-state index contributed by atoms with van der Waals surface area (Å²) in [6.45, 7) is 29.6. The van der Waals surface area contributed by atoms with Crippen molar-refractivity contribution in [1.82, 2.24) is 0 Å². The Balaban J connectivity index is 1.22. The minimum atomic E-state index is -1.81. The molecule has 0 N–H and O–H groups in total. The Labute approximate surface area is 237 Å². The van der Waals surface area contributed by atoms with Gasteiger partial charge in [-0.05, 0) is 106 Å². The lowest BCUT2D eigenvalue weighted by atomic mass is 9.82. The van der Waals surface area contributed by atoms with E-state index in [2.05, 4.69) is 83.1 Å². The molecule has 0 amide bonds. The maximum Gasteiger partial charge on any atom is 0.200 e. The molecule has 8 aliphatic rings. The van der Waals surface area contributed by atoms with Crippen molar-refractivity contribution in [3.63, 3.8) is 0 Å². The predicted octanol–water partition coefficient (Wildman–Crippen LogP) is 9.98. The highest BCUT2D eigenvalue weighted by Crippen LogP contribution is 2.74. The summed E-state index contributed by atoms with van der Waals surface area (Å²) in [5, 5.41) is 0. The second kappa shape index (κ2) is 9.30. The first kappa shape index (κ1) is 28.2. The Hall–Kier alpha value is 0.0938. The summed E-state index contributed by atoms with van der Waals surface area (Å²) in [6.07, 6.45) is 6.97. The van der Waals surface area contributed by atoms with Gasteiger partial charge in [0.15, 0.2) is 0 Å². The molecule has 38 heavy (non-hydrogen) atoms. The molecule has 8 bridgehead atoms. The van der Waals surface area contributed by atoms with Crippen LogP contribution in [-0.2, 0) is 8.85 Å². The number of allylic oxidation sites excluding steroid dienone is 2. The van der Waals surface area contributed by atoms with Crippen LogP contribution in [0, 0.1) is 47.3 Å². The van der Waals surface area contributed by atoms with Crippen LogP contribution in [0.3, 0.4) is 0 Å². The number of hydrogen-bond donors (Lipinski definition) is 0. The monoisotopic (exact) mass is 556 g/mol. The molecule has 216 valence electrons. The van der Waals surface area contributed by atoms with Crippen molar-refractivity contribution >= 4 is 16.6 Å². The summed E-state index contributed by atoms with van der Waals surface area (Å²) in [4.78, 5) is 0. The Bertz CT molecular complexity index is 804. The zero-order valence-electron chi connectivity index (χ0n) is 26.9. The van der Waals surface area contributed by atoms with E-state index in [1.807, 2.05) is 11.1 Å². The average Bonchev–Trinajstić information content (AvgIpc) is 3.66. The summed E-state index contributed by atoms with van der Waals surface area (Å²) in [6, 6.07) is 0. The van der Waals surface area contributed by atoms with Gasteiger partial charge >= 0.3 is 0 Å². The van der Waals surface area contributed by atoms with Crippen LogP contribution in [0.2, 0.25) is 33.2 Å². The van der Waals surface area contributed by atoms with Crippen molar-refractivity contribution in [3.8, 4) is 0 Å². The normalized spacial score (nSPS) is 41.2. The molecule has 0 saturated heterocycles. The molecule has 8 saturated carbocycles. The van der Waals surface area contributed by atoms with Crippen LogP contribution in [0.1, 0.15) is 109 Å². The first-order chi connectivity index (χ1) is 17.8. The van der Waals surface area contributed by atoms with Gasteiger partial charge in [-0.15, -0.1) is 0 Å². The maximum absolute atomic E-state index is 7.52. The van der Waals surface area contributed by atoms with Gasteiger partial charge in [-0.25, -0.2) is 0 Å². The van der Waals surface area contributed by atoms with Crippen molar-refractivity contribution in [2.75, 3.05) is 0 Å². The first-order valence-electron chi connectivity index (χ1n) is 16.9. The minimum absolute atomic E-state index is 0.577. The molecule has 0 aromatic heterocycles. The molecule has 2 nitrogen and oxygen atoms in total. The standard InChI is InChI=1S/C34H60O2Si2/c1-17(2)37(18(3)4,19(5)6)35-33-27-13-23-28(33)14-24(27)31(23)32-25-15-29-26(32)16-30(25)34(29)36-38(20(7)8,21(9)10)22(11)12/h17-30,33-34H,13-16H2,1-12H3/t23-,24-,25+,26+,27-,28-,29+,30+,33?,34?. The second-order valence-electron chi connectivity index (χ2n) is 16.7. The van der Waals surface area contributed by atoms with Crippen LogP contribution >= 0.6 is 0 Å². The second-order valence-corrected chi connectivity index (χ2v) is 27.5. The molecule has 8 rings (SSSR count). The van der Waals surface area contributed by atoms with Crippen LogP contribution in [0.25, 0.3) is 0 Å². The lowest BCUT2D eigenvalue weighted by molar-refractivity contribution is 0.109. The molecule has 0 aliphatic heterocycles. The zero-order chi connectivity index (χ0) is 27.6. The average molecular weight is 557 g/mol. The van der Waals surface area contributed by atoms with Crippen molar-refractivity contribution in [1.29, 1.82) is 0 Å². The van der Waals surface area contributed by atoms with Crippen molar-refractivity contribution in [3.05, 3.63) is 11.1 Å². The quantitative estimate of drug-likeness (QED) is 0.197. The Morgan fingerprint density at radius 2 is 0.632 bits per heavy atom. The van der Waals surface area contributed by atoms with E-state index in [1.165, 1.54) is 25.7 Å². The van der Waals surface area contributed by atoms with E-state index in [9.17, 15) is 0 Å². The molecule has 0 radical (unpaired) electrons. The fourth-order valence-electron chi connectivity index (χ4n) is 13.1. The van der Waals surface area contributed by atoms with Crippen molar-refractivity contribution in [2.24, 2.45) is 47.3 Å². The largest absolute Gasteiger partial charge is 0.413 e. The third kappa shape index (κ3) is 3.41. The van der Waals surface area contributed by atoms with E-state index >= 15 is 0 Å². The molecule has 0 aromatic carbocycles. The van der Waals surface area contributed by atoms with E-state index in [-0.39, 0.29) is 0 Å². The molecular weight excluding hydrogens is 497 g/mol. The van der Waals surface area contributed by atoms with Gasteiger partial charge in [0.25, 0.3) is 0 Å². The van der Waals surface area contributed by atoms with E-state index < -0.39 is 16.6 Å². The summed E-state index contributed by atoms with van der Waals surface area (Å²) in [7, 11) is -3.61. The fraction of sp³-hybridized carbons (Fsp3) is 0.941. The summed E-state index contributed by atoms with van der Waals surface area (Å²) < 4.78 is 15.0. The third-order valence-electron chi connectivity index (χ3n) is 13.9. The Morgan fingerprint density at radius 3 is 0.816 bits per heavy atom. The molecule has 0 unspecified atom stereocenters. The molecule has 8 fully saturated rings. The summed E-state index contributed by atoms with van der Waals surface area (Å²) >= 11 is 0. The van der Waals surface area contributed by atoms with E-state index in [1.54, 1.807) is 0 Å². The molecule has 4 heteroatoms. The molecule has 0 heterocycles. The van der Waals surface area contributed by atoms with Gasteiger partial charge in [0.05, 0.1) is 12.2 Å². The topological polar surface area (TPSA) is 18.5 Å². The van der Waals surface area contributed by atoms with E-state index in [0.29, 0.717) is 45.5 Å². The highest BCUT2D eigenvalue weighted by molar-refractivity contribution is 6.78. The number of rotatable bonds is 10. The van der Waals surface area contributed by atoms with E-state index in [0.717, 1.165) is 47.3 Å².